The van der Waals surface area contributed by atoms with Crippen molar-refractivity contribution in [3.05, 3.63) is 69.2 Å². The quantitative estimate of drug-likeness (QED) is 0.797. The number of rotatable bonds is 2. The molecule has 1 N–H and O–H groups in total. The van der Waals surface area contributed by atoms with Gasteiger partial charge in [0.1, 0.15) is 0 Å². The Morgan fingerprint density at radius 1 is 1.12 bits per heavy atom. The Kier molecular flexibility index (Phi) is 5.28. The van der Waals surface area contributed by atoms with Crippen molar-refractivity contribution in [3.63, 3.8) is 0 Å². The molecule has 3 nitrogen and oxygen atoms in total. The summed E-state index contributed by atoms with van der Waals surface area (Å²) in [6.45, 7) is 2.62. The Labute approximate surface area is 157 Å². The van der Waals surface area contributed by atoms with Gasteiger partial charge in [0.05, 0.1) is 6.04 Å². The molecule has 2 aromatic carbocycles. The molecule has 0 bridgehead atoms. The van der Waals surface area contributed by atoms with E-state index in [-0.39, 0.29) is 24.4 Å². The minimum atomic E-state index is 0. The zero-order chi connectivity index (χ0) is 15.8. The molecule has 126 valence electrons. The van der Waals surface area contributed by atoms with Gasteiger partial charge in [0.2, 0.25) is 0 Å². The minimum Gasteiger partial charge on any atom is -0.332 e. The number of hydrogen-bond donors (Lipinski definition) is 1. The topological polar surface area (TPSA) is 32.3 Å². The number of nitrogens with one attached hydrogen (secondary N) is 1. The van der Waals surface area contributed by atoms with E-state index in [1.165, 1.54) is 16.7 Å². The summed E-state index contributed by atoms with van der Waals surface area (Å²) in [5, 5.41) is 3.33. The number of nitrogens with zero attached hydrogens (tertiary/aromatic N) is 1. The van der Waals surface area contributed by atoms with Gasteiger partial charge in [-0.05, 0) is 53.8 Å². The third-order valence-corrected chi connectivity index (χ3v) is 5.32. The van der Waals surface area contributed by atoms with Crippen molar-refractivity contribution in [2.75, 3.05) is 6.54 Å². The normalized spacial score (nSPS) is 19.0. The maximum absolute atomic E-state index is 13.0. The van der Waals surface area contributed by atoms with E-state index in [4.69, 9.17) is 0 Å². The number of benzene rings is 2. The number of amides is 1. The van der Waals surface area contributed by atoms with E-state index in [0.29, 0.717) is 0 Å². The van der Waals surface area contributed by atoms with Gasteiger partial charge in [-0.15, -0.1) is 12.4 Å². The smallest absolute Gasteiger partial charge is 0.254 e. The summed E-state index contributed by atoms with van der Waals surface area (Å²) < 4.78 is 1.07. The monoisotopic (exact) mass is 406 g/mol. The molecule has 24 heavy (non-hydrogen) atoms. The van der Waals surface area contributed by atoms with Gasteiger partial charge in [0.25, 0.3) is 5.91 Å². The lowest BCUT2D eigenvalue weighted by atomic mass is 10.0. The van der Waals surface area contributed by atoms with E-state index in [0.717, 1.165) is 42.5 Å². The number of likely N-dealkylation sites (tertiary alicyclic amines) is 1. The average molecular weight is 408 g/mol. The first kappa shape index (κ1) is 17.5. The van der Waals surface area contributed by atoms with Crippen LogP contribution >= 0.6 is 28.3 Å². The number of fused-ring (bicyclic) bond motifs is 1. The molecule has 1 saturated heterocycles. The second-order valence-corrected chi connectivity index (χ2v) is 7.21. The van der Waals surface area contributed by atoms with Crippen LogP contribution in [0, 0.1) is 0 Å². The maximum atomic E-state index is 13.0. The Hall–Kier alpha value is -1.36. The van der Waals surface area contributed by atoms with E-state index in [2.05, 4.69) is 45.5 Å². The van der Waals surface area contributed by atoms with Crippen molar-refractivity contribution < 1.29 is 4.79 Å². The fraction of sp³-hybridized carbons (Fsp3) is 0.316. The van der Waals surface area contributed by atoms with Crippen molar-refractivity contribution >= 4 is 34.2 Å². The van der Waals surface area contributed by atoms with Crippen LogP contribution in [0.1, 0.15) is 45.9 Å². The van der Waals surface area contributed by atoms with Gasteiger partial charge in [0.15, 0.2) is 0 Å². The first-order chi connectivity index (χ1) is 11.2. The van der Waals surface area contributed by atoms with Crippen molar-refractivity contribution in [2.45, 2.75) is 32.0 Å². The van der Waals surface area contributed by atoms with Crippen molar-refractivity contribution in [1.82, 2.24) is 10.2 Å². The van der Waals surface area contributed by atoms with Crippen LogP contribution in [0.4, 0.5) is 0 Å². The molecule has 0 saturated carbocycles. The molecule has 2 heterocycles. The second kappa shape index (κ2) is 7.26. The lowest BCUT2D eigenvalue weighted by Crippen LogP contribution is -2.30. The summed E-state index contributed by atoms with van der Waals surface area (Å²) in [6, 6.07) is 14.6. The molecular weight excluding hydrogens is 388 g/mol. The van der Waals surface area contributed by atoms with E-state index in [1.54, 1.807) is 0 Å². The fourth-order valence-electron chi connectivity index (χ4n) is 3.66. The Balaban J connectivity index is 0.00000169. The molecule has 0 aromatic heterocycles. The maximum Gasteiger partial charge on any atom is 0.254 e. The lowest BCUT2D eigenvalue weighted by molar-refractivity contribution is 0.0735. The standard InChI is InChI=1S/C19H19BrN2O.ClH/c20-17-4-1-3-13(10-17)18-5-2-8-22(18)19(23)14-6-7-15-11-21-12-16(15)9-14;/h1,3-4,6-7,9-10,18,21H,2,5,8,11-12H2;1H. The van der Waals surface area contributed by atoms with Crippen LogP contribution in [-0.4, -0.2) is 17.4 Å². The van der Waals surface area contributed by atoms with Crippen LogP contribution in [0.25, 0.3) is 0 Å². The molecule has 0 radical (unpaired) electrons. The second-order valence-electron chi connectivity index (χ2n) is 6.30. The summed E-state index contributed by atoms with van der Waals surface area (Å²) in [7, 11) is 0. The van der Waals surface area contributed by atoms with Gasteiger partial charge in [0, 0.05) is 29.7 Å². The molecule has 2 aliphatic heterocycles. The highest BCUT2D eigenvalue weighted by Gasteiger charge is 2.31. The predicted molar refractivity (Wildman–Crippen MR) is 101 cm³/mol. The fourth-order valence-corrected chi connectivity index (χ4v) is 4.08. The van der Waals surface area contributed by atoms with Crippen LogP contribution in [0.15, 0.2) is 46.9 Å². The molecule has 1 unspecified atom stereocenters. The highest BCUT2D eigenvalue weighted by Crippen LogP contribution is 2.34. The van der Waals surface area contributed by atoms with Crippen LogP contribution in [-0.2, 0) is 13.1 Å². The number of hydrogen-bond acceptors (Lipinski definition) is 2. The molecule has 2 aromatic rings. The zero-order valence-corrected chi connectivity index (χ0v) is 15.7. The summed E-state index contributed by atoms with van der Waals surface area (Å²) in [5.74, 6) is 0.155. The van der Waals surface area contributed by atoms with E-state index < -0.39 is 0 Å². The van der Waals surface area contributed by atoms with Crippen LogP contribution < -0.4 is 5.32 Å². The van der Waals surface area contributed by atoms with Gasteiger partial charge >= 0.3 is 0 Å². The molecule has 1 amide bonds. The summed E-state index contributed by atoms with van der Waals surface area (Å²) in [6.07, 6.45) is 2.10. The van der Waals surface area contributed by atoms with Gasteiger partial charge < -0.3 is 10.2 Å². The van der Waals surface area contributed by atoms with Gasteiger partial charge in [-0.25, -0.2) is 0 Å². The highest BCUT2D eigenvalue weighted by molar-refractivity contribution is 9.10. The zero-order valence-electron chi connectivity index (χ0n) is 13.3. The van der Waals surface area contributed by atoms with E-state index >= 15 is 0 Å². The molecular formula is C19H20BrClN2O. The van der Waals surface area contributed by atoms with Gasteiger partial charge in [-0.3, -0.25) is 4.79 Å². The third-order valence-electron chi connectivity index (χ3n) is 4.83. The lowest BCUT2D eigenvalue weighted by Gasteiger charge is -2.25. The SMILES string of the molecule is Cl.O=C(c1ccc2c(c1)CNC2)N1CCCC1c1cccc(Br)c1. The van der Waals surface area contributed by atoms with Gasteiger partial charge in [-0.2, -0.15) is 0 Å². The Morgan fingerprint density at radius 2 is 1.96 bits per heavy atom. The van der Waals surface area contributed by atoms with Crippen LogP contribution in [0.3, 0.4) is 0 Å². The highest BCUT2D eigenvalue weighted by atomic mass is 79.9. The first-order valence-electron chi connectivity index (χ1n) is 8.11. The molecule has 0 aliphatic carbocycles. The van der Waals surface area contributed by atoms with Crippen molar-refractivity contribution in [2.24, 2.45) is 0 Å². The first-order valence-corrected chi connectivity index (χ1v) is 8.90. The average Bonchev–Trinajstić information content (AvgIpc) is 3.22. The van der Waals surface area contributed by atoms with Crippen LogP contribution in [0.2, 0.25) is 0 Å². The number of halogens is 2. The largest absolute Gasteiger partial charge is 0.332 e. The summed E-state index contributed by atoms with van der Waals surface area (Å²) in [5.41, 5.74) is 4.60. The minimum absolute atomic E-state index is 0. The molecule has 2 aliphatic rings. The summed E-state index contributed by atoms with van der Waals surface area (Å²) >= 11 is 3.53. The van der Waals surface area contributed by atoms with E-state index in [1.807, 2.05) is 23.1 Å². The molecule has 0 spiro atoms. The predicted octanol–water partition coefficient (Wildman–Crippen LogP) is 4.45. The Bertz CT molecular complexity index is 765. The molecule has 1 atom stereocenters. The van der Waals surface area contributed by atoms with E-state index in [9.17, 15) is 4.79 Å². The van der Waals surface area contributed by atoms with Crippen LogP contribution in [0.5, 0.6) is 0 Å². The van der Waals surface area contributed by atoms with Gasteiger partial charge in [-0.1, -0.05) is 34.1 Å². The molecule has 5 heteroatoms. The number of carbonyl (C=O) groups excluding carboxylic acids is 1. The molecule has 1 fully saturated rings. The summed E-state index contributed by atoms with van der Waals surface area (Å²) in [4.78, 5) is 15.0. The third kappa shape index (κ3) is 3.23. The van der Waals surface area contributed by atoms with Crippen molar-refractivity contribution in [1.29, 1.82) is 0 Å². The Morgan fingerprint density at radius 3 is 2.79 bits per heavy atom. The van der Waals surface area contributed by atoms with Crippen molar-refractivity contribution in [3.8, 4) is 0 Å². The number of carbonyl (C=O) groups is 1. The molecule has 4 rings (SSSR count).